The molecule has 0 radical (unpaired) electrons. The van der Waals surface area contributed by atoms with Gasteiger partial charge in [0.15, 0.2) is 0 Å². The molecule has 3 heteroatoms. The summed E-state index contributed by atoms with van der Waals surface area (Å²) in [5.74, 6) is 0.106. The molecular weight excluding hydrogens is 288 g/mol. The van der Waals surface area contributed by atoms with Gasteiger partial charge in [0, 0.05) is 12.5 Å². The van der Waals surface area contributed by atoms with Crippen LogP contribution in [-0.2, 0) is 16.0 Å². The Hall–Kier alpha value is -1.35. The van der Waals surface area contributed by atoms with E-state index in [0.29, 0.717) is 25.6 Å². The number of carbonyl (C=O) groups is 1. The summed E-state index contributed by atoms with van der Waals surface area (Å²) in [5, 5.41) is 9.76. The number of ether oxygens (including phenoxy) is 1. The van der Waals surface area contributed by atoms with Crippen molar-refractivity contribution in [2.24, 2.45) is 11.3 Å². The van der Waals surface area contributed by atoms with Crippen LogP contribution in [0.5, 0.6) is 0 Å². The van der Waals surface area contributed by atoms with E-state index in [0.717, 1.165) is 12.0 Å². The summed E-state index contributed by atoms with van der Waals surface area (Å²) in [5.41, 5.74) is 1.82. The Balaban J connectivity index is 1.71. The predicted molar refractivity (Wildman–Crippen MR) is 90.6 cm³/mol. The van der Waals surface area contributed by atoms with Crippen LogP contribution < -0.4 is 0 Å². The summed E-state index contributed by atoms with van der Waals surface area (Å²) in [6.45, 7) is 3.14. The molecule has 1 aliphatic carbocycles. The standard InChI is InChI=1S/C20H28O3/c1-20(19(21)22,18-11-12-23-14-18)13-15-7-9-17(10-8-15)16-5-3-2-4-6-16/h7-10,16,18H,2-6,11-14H2,1H3,(H,21,22). The van der Waals surface area contributed by atoms with E-state index in [4.69, 9.17) is 4.74 Å². The number of carboxylic acid groups (broad SMARTS) is 1. The number of rotatable bonds is 5. The number of hydrogen-bond donors (Lipinski definition) is 1. The highest BCUT2D eigenvalue weighted by Crippen LogP contribution is 2.38. The summed E-state index contributed by atoms with van der Waals surface area (Å²) in [6, 6.07) is 8.72. The van der Waals surface area contributed by atoms with Gasteiger partial charge < -0.3 is 9.84 Å². The lowest BCUT2D eigenvalue weighted by molar-refractivity contribution is -0.151. The minimum Gasteiger partial charge on any atom is -0.481 e. The number of benzene rings is 1. The quantitative estimate of drug-likeness (QED) is 0.875. The monoisotopic (exact) mass is 316 g/mol. The van der Waals surface area contributed by atoms with Crippen molar-refractivity contribution in [3.05, 3.63) is 35.4 Å². The highest BCUT2D eigenvalue weighted by molar-refractivity contribution is 5.75. The molecule has 2 fully saturated rings. The molecule has 2 unspecified atom stereocenters. The molecule has 23 heavy (non-hydrogen) atoms. The Labute approximate surface area is 139 Å². The fourth-order valence-corrected chi connectivity index (χ4v) is 4.20. The molecule has 0 spiro atoms. The molecule has 1 heterocycles. The van der Waals surface area contributed by atoms with Gasteiger partial charge in [-0.05, 0) is 49.7 Å². The van der Waals surface area contributed by atoms with Gasteiger partial charge in [-0.1, -0.05) is 43.5 Å². The second kappa shape index (κ2) is 7.04. The van der Waals surface area contributed by atoms with E-state index in [1.54, 1.807) is 0 Å². The van der Waals surface area contributed by atoms with Gasteiger partial charge in [-0.25, -0.2) is 0 Å². The second-order valence-electron chi connectivity index (χ2n) is 7.54. The van der Waals surface area contributed by atoms with Crippen molar-refractivity contribution in [2.45, 2.75) is 57.8 Å². The van der Waals surface area contributed by atoms with Gasteiger partial charge in [0.05, 0.1) is 12.0 Å². The Morgan fingerprint density at radius 1 is 1.17 bits per heavy atom. The molecule has 3 nitrogen and oxygen atoms in total. The van der Waals surface area contributed by atoms with Crippen LogP contribution >= 0.6 is 0 Å². The summed E-state index contributed by atoms with van der Waals surface area (Å²) in [7, 11) is 0. The van der Waals surface area contributed by atoms with E-state index in [1.165, 1.54) is 37.7 Å². The first-order chi connectivity index (χ1) is 11.1. The molecule has 0 bridgehead atoms. The number of hydrogen-bond acceptors (Lipinski definition) is 2. The van der Waals surface area contributed by atoms with Crippen LogP contribution in [0.1, 0.15) is 62.5 Å². The van der Waals surface area contributed by atoms with Crippen LogP contribution in [0.15, 0.2) is 24.3 Å². The van der Waals surface area contributed by atoms with E-state index in [2.05, 4.69) is 24.3 Å². The number of carboxylic acids is 1. The third-order valence-corrected chi connectivity index (χ3v) is 5.95. The predicted octanol–water partition coefficient (Wildman–Crippen LogP) is 4.40. The minimum atomic E-state index is -0.733. The van der Waals surface area contributed by atoms with Crippen LogP contribution in [0.2, 0.25) is 0 Å². The van der Waals surface area contributed by atoms with Gasteiger partial charge in [0.2, 0.25) is 0 Å². The van der Waals surface area contributed by atoms with Crippen molar-refractivity contribution in [2.75, 3.05) is 13.2 Å². The third-order valence-electron chi connectivity index (χ3n) is 5.95. The van der Waals surface area contributed by atoms with Crippen molar-refractivity contribution < 1.29 is 14.6 Å². The van der Waals surface area contributed by atoms with E-state index in [-0.39, 0.29) is 5.92 Å². The number of aliphatic carboxylic acids is 1. The summed E-state index contributed by atoms with van der Waals surface area (Å²) in [4.78, 5) is 11.9. The molecule has 1 saturated carbocycles. The molecule has 3 rings (SSSR count). The maximum absolute atomic E-state index is 11.9. The van der Waals surface area contributed by atoms with E-state index in [9.17, 15) is 9.90 Å². The lowest BCUT2D eigenvalue weighted by atomic mass is 9.72. The molecule has 1 aliphatic heterocycles. The highest BCUT2D eigenvalue weighted by Gasteiger charge is 2.43. The first-order valence-corrected chi connectivity index (χ1v) is 8.99. The fraction of sp³-hybridized carbons (Fsp3) is 0.650. The third kappa shape index (κ3) is 3.60. The molecular formula is C20H28O3. The second-order valence-corrected chi connectivity index (χ2v) is 7.54. The first kappa shape index (κ1) is 16.5. The van der Waals surface area contributed by atoms with Gasteiger partial charge in [-0.2, -0.15) is 0 Å². The fourth-order valence-electron chi connectivity index (χ4n) is 4.20. The van der Waals surface area contributed by atoms with Crippen molar-refractivity contribution in [3.63, 3.8) is 0 Å². The SMILES string of the molecule is CC(Cc1ccc(C2CCCCC2)cc1)(C(=O)O)C1CCOC1. The van der Waals surface area contributed by atoms with E-state index < -0.39 is 11.4 Å². The molecule has 0 aromatic heterocycles. The maximum Gasteiger partial charge on any atom is 0.310 e. The highest BCUT2D eigenvalue weighted by atomic mass is 16.5. The van der Waals surface area contributed by atoms with Crippen molar-refractivity contribution in [1.82, 2.24) is 0 Å². The van der Waals surface area contributed by atoms with E-state index in [1.807, 2.05) is 6.92 Å². The zero-order chi connectivity index (χ0) is 16.3. The average Bonchev–Trinajstić information content (AvgIpc) is 3.11. The minimum absolute atomic E-state index is 0.109. The summed E-state index contributed by atoms with van der Waals surface area (Å²) < 4.78 is 5.43. The molecule has 2 atom stereocenters. The van der Waals surface area contributed by atoms with Crippen molar-refractivity contribution in [3.8, 4) is 0 Å². The smallest absolute Gasteiger partial charge is 0.310 e. The topological polar surface area (TPSA) is 46.5 Å². The molecule has 0 amide bonds. The summed E-state index contributed by atoms with van der Waals surface area (Å²) >= 11 is 0. The van der Waals surface area contributed by atoms with Gasteiger partial charge in [-0.3, -0.25) is 4.79 Å². The van der Waals surface area contributed by atoms with Gasteiger partial charge in [-0.15, -0.1) is 0 Å². The largest absolute Gasteiger partial charge is 0.481 e. The Bertz CT molecular complexity index is 524. The zero-order valence-corrected chi connectivity index (χ0v) is 14.1. The van der Waals surface area contributed by atoms with Crippen molar-refractivity contribution in [1.29, 1.82) is 0 Å². The normalized spacial score (nSPS) is 25.2. The lowest BCUT2D eigenvalue weighted by Crippen LogP contribution is -2.38. The molecule has 2 aliphatic rings. The maximum atomic E-state index is 11.9. The Kier molecular flexibility index (Phi) is 5.05. The van der Waals surface area contributed by atoms with Gasteiger partial charge >= 0.3 is 5.97 Å². The van der Waals surface area contributed by atoms with E-state index >= 15 is 0 Å². The van der Waals surface area contributed by atoms with Crippen LogP contribution in [0.4, 0.5) is 0 Å². The van der Waals surface area contributed by atoms with Crippen molar-refractivity contribution >= 4 is 5.97 Å². The molecule has 126 valence electrons. The lowest BCUT2D eigenvalue weighted by Gasteiger charge is -2.30. The van der Waals surface area contributed by atoms with Crippen LogP contribution in [0.25, 0.3) is 0 Å². The van der Waals surface area contributed by atoms with Crippen LogP contribution in [0.3, 0.4) is 0 Å². The van der Waals surface area contributed by atoms with Gasteiger partial charge in [0.25, 0.3) is 0 Å². The molecule has 1 saturated heterocycles. The van der Waals surface area contributed by atoms with Gasteiger partial charge in [0.1, 0.15) is 0 Å². The summed E-state index contributed by atoms with van der Waals surface area (Å²) in [6.07, 6.45) is 8.08. The first-order valence-electron chi connectivity index (χ1n) is 8.99. The molecule has 1 aromatic rings. The zero-order valence-electron chi connectivity index (χ0n) is 14.1. The molecule has 1 aromatic carbocycles. The Morgan fingerprint density at radius 3 is 2.43 bits per heavy atom. The van der Waals surface area contributed by atoms with Crippen LogP contribution in [-0.4, -0.2) is 24.3 Å². The van der Waals surface area contributed by atoms with Crippen LogP contribution in [0, 0.1) is 11.3 Å². The Morgan fingerprint density at radius 2 is 1.87 bits per heavy atom. The molecule has 1 N–H and O–H groups in total. The average molecular weight is 316 g/mol.